The van der Waals surface area contributed by atoms with Crippen LogP contribution in [0.25, 0.3) is 5.69 Å². The second-order valence-corrected chi connectivity index (χ2v) is 2.75. The van der Waals surface area contributed by atoms with Crippen LogP contribution in [-0.2, 0) is 0 Å². The molecule has 0 N–H and O–H groups in total. The summed E-state index contributed by atoms with van der Waals surface area (Å²) in [6.07, 6.45) is 3.72. The lowest BCUT2D eigenvalue weighted by atomic mass is 10.3. The number of pyridine rings is 1. The van der Waals surface area contributed by atoms with Crippen molar-refractivity contribution in [3.63, 3.8) is 0 Å². The third-order valence-electron chi connectivity index (χ3n) is 1.86. The average molecular weight is 171 g/mol. The van der Waals surface area contributed by atoms with Crippen LogP contribution < -0.4 is 9.67 Å². The molecule has 0 amide bonds. The van der Waals surface area contributed by atoms with E-state index in [9.17, 15) is 5.11 Å². The van der Waals surface area contributed by atoms with Crippen LogP contribution in [0.4, 0.5) is 0 Å². The highest BCUT2D eigenvalue weighted by molar-refractivity contribution is 5.36. The van der Waals surface area contributed by atoms with Gasteiger partial charge in [0, 0.05) is 18.2 Å². The fourth-order valence-corrected chi connectivity index (χ4v) is 1.23. The second kappa shape index (κ2) is 3.27. The Morgan fingerprint density at radius 2 is 1.54 bits per heavy atom. The molecule has 2 aromatic rings. The maximum Gasteiger partial charge on any atom is 0.202 e. The number of aromatic nitrogens is 1. The number of nitrogens with zero attached hydrogens (tertiary/aromatic N) is 1. The van der Waals surface area contributed by atoms with Crippen LogP contribution in [0.1, 0.15) is 0 Å². The molecule has 1 aromatic heterocycles. The Morgan fingerprint density at radius 1 is 0.846 bits per heavy atom. The van der Waals surface area contributed by atoms with E-state index in [4.69, 9.17) is 0 Å². The van der Waals surface area contributed by atoms with Crippen LogP contribution in [-0.4, -0.2) is 0 Å². The molecule has 0 saturated carbocycles. The van der Waals surface area contributed by atoms with Gasteiger partial charge in [-0.15, -0.1) is 0 Å². The summed E-state index contributed by atoms with van der Waals surface area (Å²) in [6.45, 7) is 0. The normalized spacial score (nSPS) is 9.85. The second-order valence-electron chi connectivity index (χ2n) is 2.75. The fraction of sp³-hybridized carbons (Fsp3) is 0. The Bertz CT molecular complexity index is 398. The first-order valence-electron chi connectivity index (χ1n) is 4.10. The highest BCUT2D eigenvalue weighted by atomic mass is 16.3. The molecule has 0 atom stereocenters. The summed E-state index contributed by atoms with van der Waals surface area (Å²) in [5.41, 5.74) is 0.683. The van der Waals surface area contributed by atoms with Crippen molar-refractivity contribution in [2.75, 3.05) is 0 Å². The van der Waals surface area contributed by atoms with Crippen molar-refractivity contribution in [1.29, 1.82) is 0 Å². The van der Waals surface area contributed by atoms with Crippen molar-refractivity contribution in [2.45, 2.75) is 0 Å². The molecular formula is C11H9NO. The summed E-state index contributed by atoms with van der Waals surface area (Å²) in [4.78, 5) is 0. The van der Waals surface area contributed by atoms with E-state index in [2.05, 4.69) is 0 Å². The van der Waals surface area contributed by atoms with Gasteiger partial charge in [0.25, 0.3) is 0 Å². The van der Waals surface area contributed by atoms with E-state index >= 15 is 0 Å². The van der Waals surface area contributed by atoms with E-state index in [0.29, 0.717) is 5.69 Å². The lowest BCUT2D eigenvalue weighted by molar-refractivity contribution is -0.599. The Labute approximate surface area is 76.7 Å². The third-order valence-corrected chi connectivity index (χ3v) is 1.86. The Kier molecular flexibility index (Phi) is 1.96. The Hall–Kier alpha value is -1.83. The Balaban J connectivity index is 2.54. The van der Waals surface area contributed by atoms with Gasteiger partial charge in [-0.1, -0.05) is 24.3 Å². The van der Waals surface area contributed by atoms with Gasteiger partial charge < -0.3 is 5.11 Å². The lowest BCUT2D eigenvalue weighted by Gasteiger charge is -2.06. The summed E-state index contributed by atoms with van der Waals surface area (Å²) in [7, 11) is 0. The summed E-state index contributed by atoms with van der Waals surface area (Å²) < 4.78 is 1.81. The molecule has 1 aromatic carbocycles. The third kappa shape index (κ3) is 1.51. The van der Waals surface area contributed by atoms with E-state index in [1.165, 1.54) is 0 Å². The van der Waals surface area contributed by atoms with E-state index < -0.39 is 0 Å². The molecule has 0 fully saturated rings. The minimum absolute atomic E-state index is 0.0405. The minimum Gasteiger partial charge on any atom is -0.868 e. The van der Waals surface area contributed by atoms with Crippen LogP contribution in [0, 0.1) is 0 Å². The summed E-state index contributed by atoms with van der Waals surface area (Å²) in [6, 6.07) is 12.7. The molecule has 0 saturated heterocycles. The van der Waals surface area contributed by atoms with Crippen LogP contribution >= 0.6 is 0 Å². The highest BCUT2D eigenvalue weighted by Crippen LogP contribution is 2.10. The van der Waals surface area contributed by atoms with Crippen molar-refractivity contribution >= 4 is 0 Å². The molecule has 0 bridgehead atoms. The summed E-state index contributed by atoms with van der Waals surface area (Å²) in [5, 5.41) is 11.4. The first-order chi connectivity index (χ1) is 6.38. The van der Waals surface area contributed by atoms with Crippen LogP contribution in [0.5, 0.6) is 5.75 Å². The summed E-state index contributed by atoms with van der Waals surface area (Å²) in [5.74, 6) is 0.0405. The SMILES string of the molecule is [O-]c1ccccc1-[n+]1ccccc1. The fourth-order valence-electron chi connectivity index (χ4n) is 1.23. The number of hydrogen-bond acceptors (Lipinski definition) is 1. The zero-order chi connectivity index (χ0) is 9.10. The van der Waals surface area contributed by atoms with Gasteiger partial charge in [-0.05, 0) is 5.75 Å². The van der Waals surface area contributed by atoms with E-state index in [1.54, 1.807) is 12.1 Å². The Morgan fingerprint density at radius 3 is 2.23 bits per heavy atom. The topological polar surface area (TPSA) is 26.9 Å². The molecule has 0 radical (unpaired) electrons. The summed E-state index contributed by atoms with van der Waals surface area (Å²) >= 11 is 0. The van der Waals surface area contributed by atoms with Crippen LogP contribution in [0.15, 0.2) is 54.9 Å². The standard InChI is InChI=1S/C11H9NO/c13-11-7-3-2-6-10(11)12-8-4-1-5-9-12/h1-9H. The smallest absolute Gasteiger partial charge is 0.202 e. The van der Waals surface area contributed by atoms with E-state index in [-0.39, 0.29) is 5.75 Å². The zero-order valence-corrected chi connectivity index (χ0v) is 7.05. The molecule has 64 valence electrons. The van der Waals surface area contributed by atoms with Crippen molar-refractivity contribution in [3.05, 3.63) is 54.9 Å². The first kappa shape index (κ1) is 7.80. The van der Waals surface area contributed by atoms with Crippen molar-refractivity contribution in [3.8, 4) is 11.4 Å². The molecule has 2 nitrogen and oxygen atoms in total. The molecule has 0 aliphatic heterocycles. The lowest BCUT2D eigenvalue weighted by Crippen LogP contribution is -2.30. The predicted octanol–water partition coefficient (Wildman–Crippen LogP) is 1.04. The predicted molar refractivity (Wildman–Crippen MR) is 47.4 cm³/mol. The van der Waals surface area contributed by atoms with Gasteiger partial charge >= 0.3 is 0 Å². The molecular weight excluding hydrogens is 162 g/mol. The monoisotopic (exact) mass is 171 g/mol. The maximum absolute atomic E-state index is 11.4. The molecule has 0 unspecified atom stereocenters. The number of hydrogen-bond donors (Lipinski definition) is 0. The van der Waals surface area contributed by atoms with E-state index in [1.807, 2.05) is 47.3 Å². The molecule has 13 heavy (non-hydrogen) atoms. The molecule has 0 aliphatic rings. The van der Waals surface area contributed by atoms with Crippen molar-refractivity contribution < 1.29 is 9.67 Å². The molecule has 1 heterocycles. The van der Waals surface area contributed by atoms with Gasteiger partial charge in [-0.3, -0.25) is 0 Å². The maximum atomic E-state index is 11.4. The van der Waals surface area contributed by atoms with Crippen LogP contribution in [0.3, 0.4) is 0 Å². The quantitative estimate of drug-likeness (QED) is 0.589. The van der Waals surface area contributed by atoms with Gasteiger partial charge in [-0.2, -0.15) is 4.57 Å². The minimum atomic E-state index is 0.0405. The van der Waals surface area contributed by atoms with Gasteiger partial charge in [0.15, 0.2) is 12.4 Å². The molecule has 0 aliphatic carbocycles. The molecule has 0 spiro atoms. The van der Waals surface area contributed by atoms with Crippen molar-refractivity contribution in [1.82, 2.24) is 0 Å². The largest absolute Gasteiger partial charge is 0.868 e. The van der Waals surface area contributed by atoms with Gasteiger partial charge in [0.2, 0.25) is 5.69 Å². The van der Waals surface area contributed by atoms with Gasteiger partial charge in [0.1, 0.15) is 0 Å². The number of para-hydroxylation sites is 2. The van der Waals surface area contributed by atoms with Crippen molar-refractivity contribution in [2.24, 2.45) is 0 Å². The molecule has 2 heteroatoms. The van der Waals surface area contributed by atoms with Gasteiger partial charge in [-0.25, -0.2) is 0 Å². The average Bonchev–Trinajstić information content (AvgIpc) is 2.20. The number of rotatable bonds is 1. The zero-order valence-electron chi connectivity index (χ0n) is 7.05. The van der Waals surface area contributed by atoms with E-state index in [0.717, 1.165) is 0 Å². The number of benzene rings is 1. The van der Waals surface area contributed by atoms with Crippen LogP contribution in [0.2, 0.25) is 0 Å². The molecule has 2 rings (SSSR count). The first-order valence-corrected chi connectivity index (χ1v) is 4.10. The van der Waals surface area contributed by atoms with Gasteiger partial charge in [0.05, 0.1) is 0 Å². The highest BCUT2D eigenvalue weighted by Gasteiger charge is 2.02.